The van der Waals surface area contributed by atoms with Crippen molar-refractivity contribution in [3.8, 4) is 11.5 Å². The van der Waals surface area contributed by atoms with Crippen LogP contribution in [0.1, 0.15) is 42.3 Å². The van der Waals surface area contributed by atoms with Gasteiger partial charge in [0.15, 0.2) is 0 Å². The number of esters is 1. The lowest BCUT2D eigenvalue weighted by Gasteiger charge is -2.15. The lowest BCUT2D eigenvalue weighted by molar-refractivity contribution is 0.0606. The summed E-state index contributed by atoms with van der Waals surface area (Å²) in [5.41, 5.74) is 5.28. The van der Waals surface area contributed by atoms with Crippen LogP contribution in [0.15, 0.2) is 54.6 Å². The van der Waals surface area contributed by atoms with Crippen LogP contribution < -0.4 is 14.8 Å². The highest BCUT2D eigenvalue weighted by atomic mass is 32.1. The van der Waals surface area contributed by atoms with Gasteiger partial charge >= 0.3 is 5.97 Å². The van der Waals surface area contributed by atoms with Crippen LogP contribution in [0.3, 0.4) is 0 Å². The van der Waals surface area contributed by atoms with E-state index in [0.29, 0.717) is 21.9 Å². The zero-order valence-corrected chi connectivity index (χ0v) is 21.2. The monoisotopic (exact) mass is 489 g/mol. The largest absolute Gasteiger partial charge is 0.496 e. The zero-order valence-electron chi connectivity index (χ0n) is 20.4. The quantitative estimate of drug-likeness (QED) is 0.302. The molecule has 0 radical (unpaired) electrons. The van der Waals surface area contributed by atoms with E-state index in [2.05, 4.69) is 18.3 Å². The number of nitrogens with one attached hydrogen (secondary N) is 1. The molecular weight excluding hydrogens is 462 g/mol. The van der Waals surface area contributed by atoms with Crippen molar-refractivity contribution in [1.29, 1.82) is 0 Å². The molecule has 6 nitrogen and oxygen atoms in total. The van der Waals surface area contributed by atoms with Gasteiger partial charge in [0, 0.05) is 21.5 Å². The third-order valence-electron chi connectivity index (χ3n) is 5.85. The molecule has 3 aromatic carbocycles. The summed E-state index contributed by atoms with van der Waals surface area (Å²) in [5.74, 6) is 0.841. The van der Waals surface area contributed by atoms with Crippen molar-refractivity contribution < 1.29 is 23.8 Å². The molecule has 1 N–H and O–H groups in total. The summed E-state index contributed by atoms with van der Waals surface area (Å²) >= 11 is 1.35. The molecule has 1 aromatic heterocycles. The maximum absolute atomic E-state index is 13.0. The molecule has 0 saturated carbocycles. The first kappa shape index (κ1) is 24.3. The number of carbonyl (C=O) groups is 2. The Kier molecular flexibility index (Phi) is 7.07. The van der Waals surface area contributed by atoms with Crippen LogP contribution in [0.5, 0.6) is 11.5 Å². The number of anilines is 1. The summed E-state index contributed by atoms with van der Waals surface area (Å²) in [5, 5.41) is 3.80. The Hall–Kier alpha value is -3.84. The number of hydrogen-bond acceptors (Lipinski definition) is 6. The molecule has 35 heavy (non-hydrogen) atoms. The highest BCUT2D eigenvalue weighted by Crippen LogP contribution is 2.30. The van der Waals surface area contributed by atoms with E-state index in [1.54, 1.807) is 31.4 Å². The SMILES string of the molecule is COC(=O)c1cc2cc(NC(=O)c3ccc(OC)c(COc4cc(C)cc(C)c4C)c3)ccc2s1. The molecule has 1 heterocycles. The Morgan fingerprint density at radius 1 is 0.914 bits per heavy atom. The number of ether oxygens (including phenoxy) is 3. The minimum Gasteiger partial charge on any atom is -0.496 e. The van der Waals surface area contributed by atoms with Gasteiger partial charge < -0.3 is 19.5 Å². The van der Waals surface area contributed by atoms with Gasteiger partial charge in [-0.15, -0.1) is 11.3 Å². The Morgan fingerprint density at radius 2 is 1.71 bits per heavy atom. The van der Waals surface area contributed by atoms with Gasteiger partial charge in [-0.25, -0.2) is 4.79 Å². The summed E-state index contributed by atoms with van der Waals surface area (Å²) in [6.45, 7) is 6.40. The summed E-state index contributed by atoms with van der Waals surface area (Å²) < 4.78 is 17.3. The summed E-state index contributed by atoms with van der Waals surface area (Å²) in [6, 6.07) is 16.7. The number of thiophene rings is 1. The fourth-order valence-corrected chi connectivity index (χ4v) is 4.83. The van der Waals surface area contributed by atoms with Crippen LogP contribution >= 0.6 is 11.3 Å². The number of fused-ring (bicyclic) bond motifs is 1. The molecule has 0 saturated heterocycles. The second kappa shape index (κ2) is 10.2. The topological polar surface area (TPSA) is 73.9 Å². The van der Waals surface area contributed by atoms with Gasteiger partial charge in [0.2, 0.25) is 0 Å². The average Bonchev–Trinajstić information content (AvgIpc) is 3.28. The minimum absolute atomic E-state index is 0.251. The lowest BCUT2D eigenvalue weighted by atomic mass is 10.1. The van der Waals surface area contributed by atoms with Crippen molar-refractivity contribution in [3.05, 3.63) is 87.3 Å². The van der Waals surface area contributed by atoms with Crippen molar-refractivity contribution in [3.63, 3.8) is 0 Å². The van der Waals surface area contributed by atoms with E-state index in [4.69, 9.17) is 14.2 Å². The van der Waals surface area contributed by atoms with Crippen molar-refractivity contribution >= 4 is 39.0 Å². The van der Waals surface area contributed by atoms with Crippen LogP contribution in [0, 0.1) is 20.8 Å². The molecule has 0 aliphatic rings. The van der Waals surface area contributed by atoms with Crippen LogP contribution in [0.4, 0.5) is 5.69 Å². The molecule has 4 aromatic rings. The van der Waals surface area contributed by atoms with E-state index in [-0.39, 0.29) is 18.5 Å². The van der Waals surface area contributed by atoms with Gasteiger partial charge in [-0.1, -0.05) is 6.07 Å². The maximum atomic E-state index is 13.0. The normalized spacial score (nSPS) is 10.8. The number of rotatable bonds is 7. The third kappa shape index (κ3) is 5.30. The molecular formula is C28H27NO5S. The standard InChI is InChI=1S/C28H27NO5S/c1-16-10-17(2)18(3)24(11-16)34-15-21-12-19(6-8-23(21)32-4)27(30)29-22-7-9-25-20(13-22)14-26(35-25)28(31)33-5/h6-14H,15H2,1-5H3,(H,29,30). The van der Waals surface area contributed by atoms with Gasteiger partial charge in [-0.3, -0.25) is 4.79 Å². The highest BCUT2D eigenvalue weighted by molar-refractivity contribution is 7.20. The first-order valence-electron chi connectivity index (χ1n) is 11.1. The van der Waals surface area contributed by atoms with Crippen molar-refractivity contribution in [2.75, 3.05) is 19.5 Å². The van der Waals surface area contributed by atoms with Gasteiger partial charge in [-0.2, -0.15) is 0 Å². The fraction of sp³-hybridized carbons (Fsp3) is 0.214. The Labute approximate surface area is 208 Å². The molecule has 0 fully saturated rings. The molecule has 180 valence electrons. The van der Waals surface area contributed by atoms with E-state index in [1.165, 1.54) is 24.0 Å². The van der Waals surface area contributed by atoms with E-state index in [1.807, 2.05) is 38.1 Å². The van der Waals surface area contributed by atoms with Crippen LogP contribution in [0.2, 0.25) is 0 Å². The first-order chi connectivity index (χ1) is 16.8. The smallest absolute Gasteiger partial charge is 0.348 e. The highest BCUT2D eigenvalue weighted by Gasteiger charge is 2.14. The number of benzene rings is 3. The summed E-state index contributed by atoms with van der Waals surface area (Å²) in [6.07, 6.45) is 0. The molecule has 0 aliphatic carbocycles. The minimum atomic E-state index is -0.374. The van der Waals surface area contributed by atoms with Crippen molar-refractivity contribution in [2.24, 2.45) is 0 Å². The van der Waals surface area contributed by atoms with Crippen molar-refractivity contribution in [1.82, 2.24) is 0 Å². The maximum Gasteiger partial charge on any atom is 0.348 e. The van der Waals surface area contributed by atoms with Crippen LogP contribution in [0.25, 0.3) is 10.1 Å². The molecule has 0 aliphatic heterocycles. The number of methoxy groups -OCH3 is 2. The lowest BCUT2D eigenvalue weighted by Crippen LogP contribution is -2.13. The van der Waals surface area contributed by atoms with Crippen molar-refractivity contribution in [2.45, 2.75) is 27.4 Å². The van der Waals surface area contributed by atoms with E-state index in [9.17, 15) is 9.59 Å². The predicted molar refractivity (Wildman–Crippen MR) is 139 cm³/mol. The number of carbonyl (C=O) groups excluding carboxylic acids is 2. The second-order valence-electron chi connectivity index (χ2n) is 8.33. The molecule has 0 bridgehead atoms. The third-order valence-corrected chi connectivity index (χ3v) is 6.95. The second-order valence-corrected chi connectivity index (χ2v) is 9.41. The molecule has 1 amide bonds. The Bertz CT molecular complexity index is 1420. The Balaban J connectivity index is 1.53. The van der Waals surface area contributed by atoms with E-state index in [0.717, 1.165) is 32.5 Å². The average molecular weight is 490 g/mol. The molecule has 0 atom stereocenters. The van der Waals surface area contributed by atoms with E-state index < -0.39 is 0 Å². The zero-order chi connectivity index (χ0) is 25.1. The summed E-state index contributed by atoms with van der Waals surface area (Å²) in [7, 11) is 2.95. The molecule has 4 rings (SSSR count). The van der Waals surface area contributed by atoms with Gasteiger partial charge in [-0.05, 0) is 91.4 Å². The van der Waals surface area contributed by atoms with Crippen LogP contribution in [-0.4, -0.2) is 26.1 Å². The fourth-order valence-electron chi connectivity index (χ4n) is 3.86. The van der Waals surface area contributed by atoms with Gasteiger partial charge in [0.25, 0.3) is 5.91 Å². The summed E-state index contributed by atoms with van der Waals surface area (Å²) in [4.78, 5) is 25.3. The van der Waals surface area contributed by atoms with E-state index >= 15 is 0 Å². The van der Waals surface area contributed by atoms with Crippen LogP contribution in [-0.2, 0) is 11.3 Å². The van der Waals surface area contributed by atoms with Gasteiger partial charge in [0.1, 0.15) is 23.0 Å². The predicted octanol–water partition coefficient (Wildman–Crippen LogP) is 6.45. The van der Waals surface area contributed by atoms with Gasteiger partial charge in [0.05, 0.1) is 14.2 Å². The number of amides is 1. The number of hydrogen-bond donors (Lipinski definition) is 1. The molecule has 0 unspecified atom stereocenters. The first-order valence-corrected chi connectivity index (χ1v) is 11.9. The number of aryl methyl sites for hydroxylation is 2. The molecule has 0 spiro atoms. The molecule has 7 heteroatoms. The Morgan fingerprint density at radius 3 is 2.46 bits per heavy atom.